The molecule has 0 spiro atoms. The second kappa shape index (κ2) is 7.79. The molecule has 1 amide bonds. The molecule has 0 fully saturated rings. The van der Waals surface area contributed by atoms with Gasteiger partial charge in [-0.3, -0.25) is 4.79 Å². The van der Waals surface area contributed by atoms with Crippen molar-refractivity contribution in [1.82, 2.24) is 5.32 Å². The van der Waals surface area contributed by atoms with E-state index in [1.165, 1.54) is 6.08 Å². The van der Waals surface area contributed by atoms with E-state index in [0.717, 1.165) is 5.57 Å². The number of carbonyl (C=O) groups excluding carboxylic acids is 1. The van der Waals surface area contributed by atoms with Crippen LogP contribution in [0.5, 0.6) is 0 Å². The van der Waals surface area contributed by atoms with Crippen LogP contribution in [0.25, 0.3) is 0 Å². The van der Waals surface area contributed by atoms with Crippen LogP contribution in [0, 0.1) is 0 Å². The summed E-state index contributed by atoms with van der Waals surface area (Å²) in [5.74, 6) is -2.82. The highest BCUT2D eigenvalue weighted by atomic mass is 19.4. The quantitative estimate of drug-likeness (QED) is 0.590. The zero-order valence-corrected chi connectivity index (χ0v) is 13.6. The molecule has 0 aliphatic rings. The van der Waals surface area contributed by atoms with Crippen LogP contribution in [0.4, 0.5) is 26.3 Å². The number of rotatable bonds is 5. The van der Waals surface area contributed by atoms with Crippen LogP contribution in [0.15, 0.2) is 29.8 Å². The summed E-state index contributed by atoms with van der Waals surface area (Å²) in [6.45, 7) is 3.31. The standard InChI is InChI=1S/C16H15F6NO3/c1-8(2)3-4-12(14(25)26)23-13(24)9-5-10(15(17,18)19)7-11(6-9)16(20,21)22/h3,5-7,12H,4H2,1-2H3,(H,23,24)(H,25,26)/t12-/m1/s1. The third-order valence-electron chi connectivity index (χ3n) is 3.22. The van der Waals surface area contributed by atoms with Crippen LogP contribution < -0.4 is 5.32 Å². The van der Waals surface area contributed by atoms with Crippen molar-refractivity contribution in [3.63, 3.8) is 0 Å². The van der Waals surface area contributed by atoms with Gasteiger partial charge in [0.05, 0.1) is 11.1 Å². The van der Waals surface area contributed by atoms with Crippen molar-refractivity contribution < 1.29 is 41.0 Å². The zero-order chi connectivity index (χ0) is 20.3. The van der Waals surface area contributed by atoms with Crippen LogP contribution in [0.3, 0.4) is 0 Å². The molecule has 4 nitrogen and oxygen atoms in total. The molecule has 0 saturated heterocycles. The molecule has 0 radical (unpaired) electrons. The highest BCUT2D eigenvalue weighted by Crippen LogP contribution is 2.36. The first kappa shape index (κ1) is 21.5. The monoisotopic (exact) mass is 383 g/mol. The first-order valence-electron chi connectivity index (χ1n) is 7.18. The Kier molecular flexibility index (Phi) is 6.45. The topological polar surface area (TPSA) is 66.4 Å². The average Bonchev–Trinajstić information content (AvgIpc) is 2.48. The van der Waals surface area contributed by atoms with Gasteiger partial charge in [0.25, 0.3) is 5.91 Å². The van der Waals surface area contributed by atoms with Crippen LogP contribution in [0.2, 0.25) is 0 Å². The Hall–Kier alpha value is -2.52. The fourth-order valence-electron chi connectivity index (χ4n) is 1.90. The van der Waals surface area contributed by atoms with Crippen LogP contribution >= 0.6 is 0 Å². The van der Waals surface area contributed by atoms with E-state index in [9.17, 15) is 35.9 Å². The fourth-order valence-corrected chi connectivity index (χ4v) is 1.90. The summed E-state index contributed by atoms with van der Waals surface area (Å²) < 4.78 is 76.8. The lowest BCUT2D eigenvalue weighted by Crippen LogP contribution is -2.40. The largest absolute Gasteiger partial charge is 0.480 e. The maximum atomic E-state index is 12.8. The van der Waals surface area contributed by atoms with Gasteiger partial charge in [0.1, 0.15) is 6.04 Å². The SMILES string of the molecule is CC(C)=CC[C@@H](NC(=O)c1cc(C(F)(F)F)cc(C(F)(F)F)c1)C(=O)O. The number of carboxylic acid groups (broad SMARTS) is 1. The molecule has 0 aliphatic heterocycles. The first-order chi connectivity index (χ1) is 11.7. The number of nitrogens with one attached hydrogen (secondary N) is 1. The summed E-state index contributed by atoms with van der Waals surface area (Å²) in [7, 11) is 0. The summed E-state index contributed by atoms with van der Waals surface area (Å²) in [5.41, 5.74) is -3.53. The van der Waals surface area contributed by atoms with Crippen molar-refractivity contribution in [1.29, 1.82) is 0 Å². The van der Waals surface area contributed by atoms with Gasteiger partial charge in [-0.1, -0.05) is 11.6 Å². The lowest BCUT2D eigenvalue weighted by molar-refractivity contribution is -0.143. The van der Waals surface area contributed by atoms with Gasteiger partial charge < -0.3 is 10.4 Å². The van der Waals surface area contributed by atoms with Crippen LogP contribution in [-0.2, 0) is 17.1 Å². The molecule has 0 saturated carbocycles. The minimum atomic E-state index is -5.11. The second-order valence-electron chi connectivity index (χ2n) is 5.68. The van der Waals surface area contributed by atoms with E-state index in [1.807, 2.05) is 5.32 Å². The highest BCUT2D eigenvalue weighted by Gasteiger charge is 2.37. The van der Waals surface area contributed by atoms with Gasteiger partial charge in [-0.15, -0.1) is 0 Å². The van der Waals surface area contributed by atoms with E-state index in [0.29, 0.717) is 0 Å². The summed E-state index contributed by atoms with van der Waals surface area (Å²) in [5, 5.41) is 11.0. The number of hydrogen-bond donors (Lipinski definition) is 2. The molecule has 1 aromatic carbocycles. The molecule has 26 heavy (non-hydrogen) atoms. The molecule has 1 atom stereocenters. The van der Waals surface area contributed by atoms with Crippen LogP contribution in [0.1, 0.15) is 41.8 Å². The Morgan fingerprint density at radius 3 is 1.85 bits per heavy atom. The molecule has 0 aliphatic carbocycles. The molecular weight excluding hydrogens is 368 g/mol. The molecule has 2 N–H and O–H groups in total. The number of amides is 1. The zero-order valence-electron chi connectivity index (χ0n) is 13.6. The molecule has 0 unspecified atom stereocenters. The fraction of sp³-hybridized carbons (Fsp3) is 0.375. The van der Waals surface area contributed by atoms with Gasteiger partial charge in [-0.2, -0.15) is 26.3 Å². The van der Waals surface area contributed by atoms with Crippen molar-refractivity contribution in [3.8, 4) is 0 Å². The maximum absolute atomic E-state index is 12.8. The summed E-state index contributed by atoms with van der Waals surface area (Å²) >= 11 is 0. The van der Waals surface area contributed by atoms with Gasteiger partial charge in [0, 0.05) is 5.56 Å². The minimum absolute atomic E-state index is 0.116. The predicted molar refractivity (Wildman–Crippen MR) is 79.4 cm³/mol. The Labute approximate surface area is 144 Å². The van der Waals surface area contributed by atoms with Crippen LogP contribution in [-0.4, -0.2) is 23.0 Å². The summed E-state index contributed by atoms with van der Waals surface area (Å²) in [6.07, 6.45) is -8.92. The van der Waals surface area contributed by atoms with Crippen molar-refractivity contribution in [2.75, 3.05) is 0 Å². The van der Waals surface area contributed by atoms with Crippen molar-refractivity contribution in [2.24, 2.45) is 0 Å². The Balaban J connectivity index is 3.25. The number of aliphatic carboxylic acids is 1. The number of alkyl halides is 6. The van der Waals surface area contributed by atoms with Gasteiger partial charge in [-0.05, 0) is 38.5 Å². The van der Waals surface area contributed by atoms with Crippen molar-refractivity contribution in [3.05, 3.63) is 46.5 Å². The molecule has 144 valence electrons. The van der Waals surface area contributed by atoms with E-state index in [2.05, 4.69) is 0 Å². The van der Waals surface area contributed by atoms with E-state index >= 15 is 0 Å². The molecular formula is C16H15F6NO3. The Morgan fingerprint density at radius 1 is 1.04 bits per heavy atom. The third-order valence-corrected chi connectivity index (χ3v) is 3.22. The normalized spacial score (nSPS) is 13.1. The number of allylic oxidation sites excluding steroid dienone is 1. The molecule has 1 rings (SSSR count). The third kappa shape index (κ3) is 6.08. The minimum Gasteiger partial charge on any atom is -0.480 e. The molecule has 0 aromatic heterocycles. The van der Waals surface area contributed by atoms with Crippen molar-refractivity contribution in [2.45, 2.75) is 38.7 Å². The predicted octanol–water partition coefficient (Wildman–Crippen LogP) is 4.26. The summed E-state index contributed by atoms with van der Waals surface area (Å²) in [4.78, 5) is 23.2. The lowest BCUT2D eigenvalue weighted by Gasteiger charge is -2.16. The smallest absolute Gasteiger partial charge is 0.416 e. The average molecular weight is 383 g/mol. The van der Waals surface area contributed by atoms with Gasteiger partial charge >= 0.3 is 18.3 Å². The number of halogens is 6. The van der Waals surface area contributed by atoms with Gasteiger partial charge in [-0.25, -0.2) is 4.79 Å². The Morgan fingerprint density at radius 2 is 1.50 bits per heavy atom. The lowest BCUT2D eigenvalue weighted by atomic mass is 10.0. The van der Waals surface area contributed by atoms with Gasteiger partial charge in [0.2, 0.25) is 0 Å². The van der Waals surface area contributed by atoms with E-state index < -0.39 is 47.0 Å². The highest BCUT2D eigenvalue weighted by molar-refractivity contribution is 5.97. The van der Waals surface area contributed by atoms with E-state index in [-0.39, 0.29) is 24.6 Å². The number of carbonyl (C=O) groups is 2. The summed E-state index contributed by atoms with van der Waals surface area (Å²) in [6, 6.07) is -1.13. The molecule has 0 heterocycles. The maximum Gasteiger partial charge on any atom is 0.416 e. The van der Waals surface area contributed by atoms with E-state index in [1.54, 1.807) is 13.8 Å². The molecule has 10 heteroatoms. The number of benzene rings is 1. The second-order valence-corrected chi connectivity index (χ2v) is 5.68. The molecule has 1 aromatic rings. The Bertz CT molecular complexity index is 685. The molecule has 0 bridgehead atoms. The van der Waals surface area contributed by atoms with Crippen molar-refractivity contribution >= 4 is 11.9 Å². The first-order valence-corrected chi connectivity index (χ1v) is 7.18. The number of carboxylic acids is 1. The number of hydrogen-bond acceptors (Lipinski definition) is 2. The van der Waals surface area contributed by atoms with Gasteiger partial charge in [0.15, 0.2) is 0 Å². The van der Waals surface area contributed by atoms with E-state index in [4.69, 9.17) is 5.11 Å².